The number of ether oxygens (including phenoxy) is 2. The van der Waals surface area contributed by atoms with Gasteiger partial charge in [-0.25, -0.2) is 0 Å². The van der Waals surface area contributed by atoms with Crippen LogP contribution in [0.2, 0.25) is 0 Å². The largest absolute Gasteiger partial charge is 1.00 e. The van der Waals surface area contributed by atoms with Gasteiger partial charge in [-0.2, -0.15) is 0 Å². The minimum Gasteiger partial charge on any atom is -1.00 e. The smallest absolute Gasteiger partial charge is 0.272 e. The molecule has 4 aromatic rings. The molecule has 0 saturated heterocycles. The molecular weight excluding hydrogens is 556 g/mol. The fourth-order valence-corrected chi connectivity index (χ4v) is 3.14. The third-order valence-corrected chi connectivity index (χ3v) is 5.30. The molecule has 0 radical (unpaired) electrons. The van der Waals surface area contributed by atoms with E-state index >= 15 is 0 Å². The number of aliphatic hydroxyl groups excluding tert-OH is 1. The van der Waals surface area contributed by atoms with E-state index in [1.54, 1.807) is 58.9 Å². The maximum Gasteiger partial charge on any atom is 0.272 e. The van der Waals surface area contributed by atoms with Gasteiger partial charge in [0.05, 0.1) is 24.6 Å². The van der Waals surface area contributed by atoms with Crippen molar-refractivity contribution >= 4 is 17.1 Å². The van der Waals surface area contributed by atoms with Crippen LogP contribution >= 0.6 is 0 Å². The van der Waals surface area contributed by atoms with Crippen LogP contribution in [0.25, 0.3) is 0 Å². The number of benzene rings is 2. The third-order valence-electron chi connectivity index (χ3n) is 5.30. The minimum absolute atomic E-state index is 0. The SMILES string of the molecule is CCO.CCOc1c(C)c(=O)c1=O.CCOc1c(Nc2cccc(C)c2O)c(=O)c1=O.Cc1cccc(N)c1O.[Cl-]. The average Bonchev–Trinajstić information content (AvgIpc) is 2.94. The van der Waals surface area contributed by atoms with Crippen molar-refractivity contribution in [3.05, 3.63) is 94.0 Å². The van der Waals surface area contributed by atoms with Crippen molar-refractivity contribution in [2.24, 2.45) is 0 Å². The number of nitrogens with one attached hydrogen (secondary N) is 1. The van der Waals surface area contributed by atoms with Crippen LogP contribution in [0, 0.1) is 20.8 Å². The lowest BCUT2D eigenvalue weighted by Crippen LogP contribution is -3.00. The van der Waals surface area contributed by atoms with E-state index in [1.807, 2.05) is 19.1 Å². The fourth-order valence-electron chi connectivity index (χ4n) is 3.14. The lowest BCUT2D eigenvalue weighted by Gasteiger charge is -2.14. The average molecular weight is 592 g/mol. The highest BCUT2D eigenvalue weighted by atomic mass is 35.5. The number of aryl methyl sites for hydroxylation is 2. The first-order valence-corrected chi connectivity index (χ1v) is 12.5. The van der Waals surface area contributed by atoms with Crippen molar-refractivity contribution in [1.29, 1.82) is 0 Å². The summed E-state index contributed by atoms with van der Waals surface area (Å²) in [4.78, 5) is 43.9. The number of nitrogens with two attached hydrogens (primary N) is 1. The first kappa shape index (κ1) is 36.6. The van der Waals surface area contributed by atoms with Gasteiger partial charge in [0.25, 0.3) is 16.3 Å². The molecule has 0 aliphatic rings. The predicted octanol–water partition coefficient (Wildman–Crippen LogP) is -0.286. The Kier molecular flexibility index (Phi) is 15.5. The normalized spacial score (nSPS) is 9.63. The summed E-state index contributed by atoms with van der Waals surface area (Å²) >= 11 is 0. The van der Waals surface area contributed by atoms with E-state index in [9.17, 15) is 24.3 Å². The Morgan fingerprint density at radius 2 is 1.20 bits per heavy atom. The molecule has 12 heteroatoms. The lowest BCUT2D eigenvalue weighted by atomic mass is 10.1. The second kappa shape index (κ2) is 17.4. The standard InChI is InChI=1S/C13H13NO4.C7H9NO.C7H8O3.C2H6O.ClH/c1-3-18-13-9(11(16)12(13)17)14-8-6-4-5-7(2)10(8)15;1-5-3-2-4-6(8)7(5)9;1-3-10-7-4(2)5(8)6(7)9;1-2-3;/h4-6,14-15H,3H2,1-2H3;2-4,9H,8H2,1H3;3H2,1-2H3;3H,2H2,1H3;1H/p-1. The number of aromatic hydroxyl groups is 2. The van der Waals surface area contributed by atoms with E-state index in [0.29, 0.717) is 35.7 Å². The topological polar surface area (TPSA) is 185 Å². The summed E-state index contributed by atoms with van der Waals surface area (Å²) in [6, 6.07) is 10.4. The molecule has 0 aliphatic heterocycles. The molecule has 11 nitrogen and oxygen atoms in total. The molecule has 0 saturated carbocycles. The summed E-state index contributed by atoms with van der Waals surface area (Å²) in [6.45, 7) is 11.3. The van der Waals surface area contributed by atoms with Crippen LogP contribution in [0.1, 0.15) is 37.5 Å². The van der Waals surface area contributed by atoms with Crippen LogP contribution in [-0.4, -0.2) is 35.1 Å². The molecule has 0 unspecified atom stereocenters. The summed E-state index contributed by atoms with van der Waals surface area (Å²) in [5.41, 5.74) is 6.07. The maximum absolute atomic E-state index is 11.4. The van der Waals surface area contributed by atoms with E-state index < -0.39 is 21.7 Å². The molecule has 0 fully saturated rings. The van der Waals surface area contributed by atoms with Crippen molar-refractivity contribution in [2.75, 3.05) is 30.9 Å². The summed E-state index contributed by atoms with van der Waals surface area (Å²) in [5.74, 6) is 0.515. The number of nitrogen functional groups attached to an aromatic ring is 1. The number of rotatable bonds is 6. The van der Waals surface area contributed by atoms with Crippen molar-refractivity contribution in [1.82, 2.24) is 0 Å². The third kappa shape index (κ3) is 9.37. The molecule has 0 bridgehead atoms. The van der Waals surface area contributed by atoms with Crippen LogP contribution < -0.4 is 54.6 Å². The number of aliphatic hydroxyl groups is 1. The van der Waals surface area contributed by atoms with E-state index in [-0.39, 0.29) is 47.7 Å². The quantitative estimate of drug-likeness (QED) is 0.113. The molecule has 0 spiro atoms. The number of phenols is 2. The molecule has 0 amide bonds. The Hall–Kier alpha value is -4.35. The van der Waals surface area contributed by atoms with Gasteiger partial charge in [0.15, 0.2) is 11.5 Å². The molecule has 4 aromatic carbocycles. The predicted molar refractivity (Wildman–Crippen MR) is 156 cm³/mol. The number of halogens is 1. The molecule has 4 rings (SSSR count). The van der Waals surface area contributed by atoms with Gasteiger partial charge in [0, 0.05) is 12.2 Å². The highest BCUT2D eigenvalue weighted by Gasteiger charge is 2.23. The Morgan fingerprint density at radius 1 is 0.732 bits per heavy atom. The van der Waals surface area contributed by atoms with Crippen molar-refractivity contribution in [3.8, 4) is 23.0 Å². The number of anilines is 3. The highest BCUT2D eigenvalue weighted by Crippen LogP contribution is 2.31. The number of hydrogen-bond acceptors (Lipinski definition) is 11. The maximum atomic E-state index is 11.4. The molecule has 0 atom stereocenters. The zero-order chi connectivity index (χ0) is 30.6. The van der Waals surface area contributed by atoms with Crippen LogP contribution in [0.4, 0.5) is 17.1 Å². The minimum atomic E-state index is -0.633. The molecule has 41 heavy (non-hydrogen) atoms. The fraction of sp³-hybridized carbons (Fsp3) is 0.310. The number of para-hydroxylation sites is 2. The molecular formula is C29H36ClN2O9-. The monoisotopic (exact) mass is 591 g/mol. The zero-order valence-electron chi connectivity index (χ0n) is 23.8. The molecule has 0 aliphatic carbocycles. The van der Waals surface area contributed by atoms with Gasteiger partial charge >= 0.3 is 0 Å². The van der Waals surface area contributed by atoms with Crippen molar-refractivity contribution in [3.63, 3.8) is 0 Å². The van der Waals surface area contributed by atoms with Crippen LogP contribution in [0.5, 0.6) is 23.0 Å². The zero-order valence-corrected chi connectivity index (χ0v) is 24.6. The number of phenolic OH excluding ortho intramolecular Hbond substituents is 2. The van der Waals surface area contributed by atoms with Gasteiger partial charge in [-0.1, -0.05) is 24.3 Å². The molecule has 6 N–H and O–H groups in total. The van der Waals surface area contributed by atoms with Gasteiger partial charge in [-0.05, 0) is 64.8 Å². The number of hydrogen-bond donors (Lipinski definition) is 5. The van der Waals surface area contributed by atoms with E-state index in [4.69, 9.17) is 25.4 Å². The Bertz CT molecular complexity index is 1530. The molecule has 0 aromatic heterocycles. The van der Waals surface area contributed by atoms with Crippen molar-refractivity contribution in [2.45, 2.75) is 41.5 Å². The van der Waals surface area contributed by atoms with Crippen molar-refractivity contribution < 1.29 is 37.2 Å². The van der Waals surface area contributed by atoms with E-state index in [2.05, 4.69) is 5.32 Å². The Labute approximate surface area is 243 Å². The van der Waals surface area contributed by atoms with Gasteiger partial charge < -0.3 is 48.3 Å². The lowest BCUT2D eigenvalue weighted by molar-refractivity contribution is -0.0000126. The van der Waals surface area contributed by atoms with E-state index in [1.165, 1.54) is 0 Å². The van der Waals surface area contributed by atoms with Crippen LogP contribution in [0.15, 0.2) is 55.6 Å². The van der Waals surface area contributed by atoms with Gasteiger partial charge in [-0.15, -0.1) is 0 Å². The first-order chi connectivity index (χ1) is 18.9. The van der Waals surface area contributed by atoms with Crippen LogP contribution in [0.3, 0.4) is 0 Å². The summed E-state index contributed by atoms with van der Waals surface area (Å²) in [6.07, 6.45) is 0. The molecule has 224 valence electrons. The van der Waals surface area contributed by atoms with Gasteiger partial charge in [0.2, 0.25) is 5.43 Å². The second-order valence-electron chi connectivity index (χ2n) is 8.27. The Morgan fingerprint density at radius 3 is 1.66 bits per heavy atom. The summed E-state index contributed by atoms with van der Waals surface area (Å²) < 4.78 is 9.96. The second-order valence-corrected chi connectivity index (χ2v) is 8.27. The van der Waals surface area contributed by atoms with E-state index in [0.717, 1.165) is 5.56 Å². The van der Waals surface area contributed by atoms with Crippen LogP contribution in [-0.2, 0) is 0 Å². The first-order valence-electron chi connectivity index (χ1n) is 12.5. The Balaban J connectivity index is 0.000000593. The molecule has 0 heterocycles. The highest BCUT2D eigenvalue weighted by molar-refractivity contribution is 5.74. The van der Waals surface area contributed by atoms with Gasteiger partial charge in [-0.3, -0.25) is 19.2 Å². The summed E-state index contributed by atoms with van der Waals surface area (Å²) in [7, 11) is 0. The van der Waals surface area contributed by atoms with Gasteiger partial charge in [0.1, 0.15) is 17.2 Å². The summed E-state index contributed by atoms with van der Waals surface area (Å²) in [5, 5.41) is 29.2.